The summed E-state index contributed by atoms with van der Waals surface area (Å²) < 4.78 is 5.22. The molecule has 1 atom stereocenters. The van der Waals surface area contributed by atoms with Gasteiger partial charge in [0.05, 0.1) is 19.4 Å². The smallest absolute Gasteiger partial charge is 0.118 e. The number of aliphatic hydroxyl groups excluding tert-OH is 1. The Labute approximate surface area is 145 Å². The number of aromatic nitrogens is 1. The molecule has 0 aliphatic rings. The van der Waals surface area contributed by atoms with Crippen molar-refractivity contribution in [3.63, 3.8) is 0 Å². The Bertz CT molecular complexity index is 609. The molecule has 130 valence electrons. The number of methoxy groups -OCH3 is 1. The highest BCUT2D eigenvalue weighted by molar-refractivity contribution is 5.27. The number of ether oxygens (including phenoxy) is 1. The summed E-state index contributed by atoms with van der Waals surface area (Å²) in [5, 5.41) is 9.87. The van der Waals surface area contributed by atoms with E-state index in [2.05, 4.69) is 48.0 Å². The highest BCUT2D eigenvalue weighted by Crippen LogP contribution is 2.19. The summed E-state index contributed by atoms with van der Waals surface area (Å²) >= 11 is 0. The number of pyridine rings is 1. The maximum Gasteiger partial charge on any atom is 0.118 e. The van der Waals surface area contributed by atoms with E-state index >= 15 is 0 Å². The SMILES string of the molecule is COc1ccc(CN(Cc2ccc(C)cn2)[C@H](CO)C(C)C)cc1. The lowest BCUT2D eigenvalue weighted by molar-refractivity contribution is 0.0774. The fourth-order valence-corrected chi connectivity index (χ4v) is 2.80. The first kappa shape index (κ1) is 18.4. The third kappa shape index (κ3) is 5.05. The van der Waals surface area contributed by atoms with Crippen LogP contribution in [0.1, 0.15) is 30.7 Å². The predicted octanol–water partition coefficient (Wildman–Crippen LogP) is 3.42. The molecular weight excluding hydrogens is 300 g/mol. The van der Waals surface area contributed by atoms with Gasteiger partial charge in [0, 0.05) is 25.3 Å². The molecule has 1 N–H and O–H groups in total. The second-order valence-electron chi connectivity index (χ2n) is 6.57. The Morgan fingerprint density at radius 2 is 1.79 bits per heavy atom. The van der Waals surface area contributed by atoms with Gasteiger partial charge in [0.1, 0.15) is 5.75 Å². The number of nitrogens with zero attached hydrogens (tertiary/aromatic N) is 2. The topological polar surface area (TPSA) is 45.6 Å². The van der Waals surface area contributed by atoms with Gasteiger partial charge in [0.2, 0.25) is 0 Å². The van der Waals surface area contributed by atoms with Crippen LogP contribution in [0.5, 0.6) is 5.75 Å². The van der Waals surface area contributed by atoms with E-state index in [1.54, 1.807) is 7.11 Å². The molecule has 2 rings (SSSR count). The molecule has 0 spiro atoms. The van der Waals surface area contributed by atoms with Crippen molar-refractivity contribution in [2.75, 3.05) is 13.7 Å². The standard InChI is InChI=1S/C20H28N2O2/c1-15(2)20(14-23)22(13-18-8-5-16(3)11-21-18)12-17-6-9-19(24-4)10-7-17/h5-11,15,20,23H,12-14H2,1-4H3/t20-/m1/s1. The van der Waals surface area contributed by atoms with Crippen molar-refractivity contribution in [2.45, 2.75) is 39.9 Å². The van der Waals surface area contributed by atoms with E-state index in [1.807, 2.05) is 25.3 Å². The lowest BCUT2D eigenvalue weighted by Crippen LogP contribution is -2.40. The fraction of sp³-hybridized carbons (Fsp3) is 0.450. The van der Waals surface area contributed by atoms with Crippen LogP contribution >= 0.6 is 0 Å². The van der Waals surface area contributed by atoms with E-state index in [0.717, 1.165) is 30.1 Å². The number of benzene rings is 1. The number of hydrogen-bond acceptors (Lipinski definition) is 4. The Kier molecular flexibility index (Phi) is 6.76. The molecule has 24 heavy (non-hydrogen) atoms. The van der Waals surface area contributed by atoms with Gasteiger partial charge in [-0.05, 0) is 42.2 Å². The monoisotopic (exact) mass is 328 g/mol. The molecule has 0 unspecified atom stereocenters. The minimum absolute atomic E-state index is 0.0928. The van der Waals surface area contributed by atoms with Crippen LogP contribution in [-0.4, -0.2) is 34.7 Å². The summed E-state index contributed by atoms with van der Waals surface area (Å²) in [6.07, 6.45) is 1.89. The van der Waals surface area contributed by atoms with Crippen LogP contribution in [0.25, 0.3) is 0 Å². The van der Waals surface area contributed by atoms with Gasteiger partial charge in [0.15, 0.2) is 0 Å². The Morgan fingerprint density at radius 3 is 2.29 bits per heavy atom. The highest BCUT2D eigenvalue weighted by Gasteiger charge is 2.22. The van der Waals surface area contributed by atoms with E-state index in [0.29, 0.717) is 5.92 Å². The second kappa shape index (κ2) is 8.81. The van der Waals surface area contributed by atoms with Crippen molar-refractivity contribution in [1.29, 1.82) is 0 Å². The van der Waals surface area contributed by atoms with Gasteiger partial charge >= 0.3 is 0 Å². The van der Waals surface area contributed by atoms with Crippen LogP contribution in [0.3, 0.4) is 0 Å². The Morgan fingerprint density at radius 1 is 1.08 bits per heavy atom. The summed E-state index contributed by atoms with van der Waals surface area (Å²) in [5.74, 6) is 1.21. The Balaban J connectivity index is 2.19. The molecule has 0 amide bonds. The van der Waals surface area contributed by atoms with Gasteiger partial charge in [-0.15, -0.1) is 0 Å². The molecular formula is C20H28N2O2. The maximum atomic E-state index is 9.87. The normalized spacial score (nSPS) is 12.6. The van der Waals surface area contributed by atoms with Crippen LogP contribution in [0.15, 0.2) is 42.6 Å². The molecule has 1 aromatic heterocycles. The molecule has 1 heterocycles. The number of aliphatic hydroxyl groups is 1. The zero-order valence-corrected chi connectivity index (χ0v) is 15.1. The molecule has 0 aliphatic heterocycles. The van der Waals surface area contributed by atoms with E-state index in [9.17, 15) is 5.11 Å². The third-order valence-electron chi connectivity index (χ3n) is 4.31. The summed E-state index contributed by atoms with van der Waals surface area (Å²) in [7, 11) is 1.67. The zero-order valence-electron chi connectivity index (χ0n) is 15.1. The molecule has 1 aromatic carbocycles. The second-order valence-corrected chi connectivity index (χ2v) is 6.57. The lowest BCUT2D eigenvalue weighted by Gasteiger charge is -2.33. The van der Waals surface area contributed by atoms with Crippen molar-refractivity contribution in [1.82, 2.24) is 9.88 Å². The van der Waals surface area contributed by atoms with Crippen molar-refractivity contribution in [3.05, 3.63) is 59.4 Å². The molecule has 0 aliphatic carbocycles. The number of aryl methyl sites for hydroxylation is 1. The zero-order chi connectivity index (χ0) is 17.5. The molecule has 4 heteroatoms. The molecule has 4 nitrogen and oxygen atoms in total. The van der Waals surface area contributed by atoms with Crippen molar-refractivity contribution in [2.24, 2.45) is 5.92 Å². The van der Waals surface area contributed by atoms with Gasteiger partial charge in [0.25, 0.3) is 0 Å². The van der Waals surface area contributed by atoms with Crippen LogP contribution in [0, 0.1) is 12.8 Å². The van der Waals surface area contributed by atoms with Gasteiger partial charge in [-0.25, -0.2) is 0 Å². The van der Waals surface area contributed by atoms with Crippen molar-refractivity contribution < 1.29 is 9.84 Å². The summed E-state index contributed by atoms with van der Waals surface area (Å²) in [6.45, 7) is 7.95. The Hall–Kier alpha value is -1.91. The quantitative estimate of drug-likeness (QED) is 0.806. The summed E-state index contributed by atoms with van der Waals surface area (Å²) in [4.78, 5) is 6.82. The van der Waals surface area contributed by atoms with Gasteiger partial charge in [-0.1, -0.05) is 32.0 Å². The van der Waals surface area contributed by atoms with Gasteiger partial charge < -0.3 is 9.84 Å². The van der Waals surface area contributed by atoms with Crippen LogP contribution < -0.4 is 4.74 Å². The highest BCUT2D eigenvalue weighted by atomic mass is 16.5. The molecule has 0 bridgehead atoms. The van der Waals surface area contributed by atoms with Gasteiger partial charge in [-0.2, -0.15) is 0 Å². The van der Waals surface area contributed by atoms with E-state index < -0.39 is 0 Å². The van der Waals surface area contributed by atoms with E-state index in [4.69, 9.17) is 4.74 Å². The van der Waals surface area contributed by atoms with E-state index in [-0.39, 0.29) is 12.6 Å². The largest absolute Gasteiger partial charge is 0.497 e. The lowest BCUT2D eigenvalue weighted by atomic mass is 10.0. The predicted molar refractivity (Wildman–Crippen MR) is 96.9 cm³/mol. The van der Waals surface area contributed by atoms with Crippen molar-refractivity contribution in [3.8, 4) is 5.75 Å². The molecule has 0 radical (unpaired) electrons. The average Bonchev–Trinajstić information content (AvgIpc) is 2.58. The maximum absolute atomic E-state index is 9.87. The molecule has 2 aromatic rings. The molecule has 0 saturated heterocycles. The fourth-order valence-electron chi connectivity index (χ4n) is 2.80. The van der Waals surface area contributed by atoms with Crippen LogP contribution in [0.4, 0.5) is 0 Å². The first-order chi connectivity index (χ1) is 11.5. The van der Waals surface area contributed by atoms with E-state index in [1.165, 1.54) is 5.56 Å². The summed E-state index contributed by atoms with van der Waals surface area (Å²) in [6, 6.07) is 12.3. The average molecular weight is 328 g/mol. The molecule has 0 saturated carbocycles. The number of rotatable bonds is 8. The minimum atomic E-state index is 0.0928. The third-order valence-corrected chi connectivity index (χ3v) is 4.31. The molecule has 0 fully saturated rings. The van der Waals surface area contributed by atoms with Gasteiger partial charge in [-0.3, -0.25) is 9.88 Å². The number of hydrogen-bond donors (Lipinski definition) is 1. The first-order valence-electron chi connectivity index (χ1n) is 8.43. The first-order valence-corrected chi connectivity index (χ1v) is 8.43. The minimum Gasteiger partial charge on any atom is -0.497 e. The van der Waals surface area contributed by atoms with Crippen LogP contribution in [-0.2, 0) is 13.1 Å². The van der Waals surface area contributed by atoms with Crippen LogP contribution in [0.2, 0.25) is 0 Å². The summed E-state index contributed by atoms with van der Waals surface area (Å²) in [5.41, 5.74) is 3.37. The van der Waals surface area contributed by atoms with Crippen molar-refractivity contribution >= 4 is 0 Å².